The van der Waals surface area contributed by atoms with Crippen LogP contribution in [0.4, 0.5) is 23.2 Å². The molecule has 12 heteroatoms. The number of alkyl halides is 3. The van der Waals surface area contributed by atoms with Gasteiger partial charge in [0.15, 0.2) is 0 Å². The Bertz CT molecular complexity index is 1160. The maximum absolute atomic E-state index is 13.5. The molecule has 1 atom stereocenters. The summed E-state index contributed by atoms with van der Waals surface area (Å²) in [7, 11) is -8.47. The largest absolute Gasteiger partial charge is 0.419 e. The Hall–Kier alpha value is -2.18. The van der Waals surface area contributed by atoms with Gasteiger partial charge in [0.25, 0.3) is 10.0 Å². The first-order valence-electron chi connectivity index (χ1n) is 7.80. The molecule has 1 heterocycles. The molecule has 0 fully saturated rings. The van der Waals surface area contributed by atoms with Crippen molar-refractivity contribution >= 4 is 25.7 Å². The van der Waals surface area contributed by atoms with Crippen LogP contribution in [0.25, 0.3) is 0 Å². The fraction of sp³-hybridized carbons (Fsp3) is 0.250. The van der Waals surface area contributed by atoms with Gasteiger partial charge in [-0.05, 0) is 55.3 Å². The first kappa shape index (κ1) is 20.6. The van der Waals surface area contributed by atoms with Crippen molar-refractivity contribution in [3.63, 3.8) is 0 Å². The van der Waals surface area contributed by atoms with Crippen LogP contribution in [0.2, 0.25) is 0 Å². The van der Waals surface area contributed by atoms with E-state index < -0.39 is 48.5 Å². The van der Waals surface area contributed by atoms with Crippen LogP contribution in [0.5, 0.6) is 0 Å². The zero-order valence-corrected chi connectivity index (χ0v) is 15.9. The predicted octanol–water partition coefficient (Wildman–Crippen LogP) is 2.63. The second-order valence-corrected chi connectivity index (χ2v) is 9.71. The molecule has 0 aliphatic carbocycles. The van der Waals surface area contributed by atoms with Gasteiger partial charge in [-0.3, -0.25) is 4.31 Å². The molecule has 0 aromatic heterocycles. The fourth-order valence-electron chi connectivity index (χ4n) is 3.12. The molecule has 2 N–H and O–H groups in total. The minimum atomic E-state index is -5.06. The van der Waals surface area contributed by atoms with E-state index >= 15 is 0 Å². The Balaban J connectivity index is 2.12. The van der Waals surface area contributed by atoms with Crippen molar-refractivity contribution in [2.75, 3.05) is 4.31 Å². The Kier molecular flexibility index (Phi) is 4.72. The lowest BCUT2D eigenvalue weighted by molar-refractivity contribution is -0.140. The molecule has 0 amide bonds. The third-order valence-corrected chi connectivity index (χ3v) is 7.17. The Morgan fingerprint density at radius 3 is 2.21 bits per heavy atom. The van der Waals surface area contributed by atoms with Crippen molar-refractivity contribution in [3.05, 3.63) is 53.3 Å². The van der Waals surface area contributed by atoms with Crippen LogP contribution in [0.1, 0.15) is 18.1 Å². The number of primary sulfonamides is 1. The van der Waals surface area contributed by atoms with E-state index in [0.717, 1.165) is 16.4 Å². The van der Waals surface area contributed by atoms with Crippen molar-refractivity contribution in [2.24, 2.45) is 5.14 Å². The summed E-state index contributed by atoms with van der Waals surface area (Å²) >= 11 is 0. The molecule has 28 heavy (non-hydrogen) atoms. The molecule has 1 aliphatic rings. The summed E-state index contributed by atoms with van der Waals surface area (Å²) in [4.78, 5) is -0.935. The topological polar surface area (TPSA) is 97.5 Å². The summed E-state index contributed by atoms with van der Waals surface area (Å²) in [6, 6.07) is 4.31. The number of halogens is 4. The number of hydrogen-bond donors (Lipinski definition) is 1. The Morgan fingerprint density at radius 2 is 1.64 bits per heavy atom. The van der Waals surface area contributed by atoms with E-state index in [1.165, 1.54) is 19.1 Å². The van der Waals surface area contributed by atoms with E-state index in [0.29, 0.717) is 11.6 Å². The first-order chi connectivity index (χ1) is 12.7. The second-order valence-electron chi connectivity index (χ2n) is 6.33. The quantitative estimate of drug-likeness (QED) is 0.745. The van der Waals surface area contributed by atoms with E-state index in [9.17, 15) is 34.4 Å². The Morgan fingerprint density at radius 1 is 1.04 bits per heavy atom. The number of hydrogen-bond acceptors (Lipinski definition) is 4. The van der Waals surface area contributed by atoms with Crippen LogP contribution >= 0.6 is 0 Å². The molecule has 0 radical (unpaired) electrons. The van der Waals surface area contributed by atoms with E-state index in [1.54, 1.807) is 0 Å². The average molecular weight is 438 g/mol. The van der Waals surface area contributed by atoms with Gasteiger partial charge in [0.1, 0.15) is 5.82 Å². The molecule has 0 saturated carbocycles. The highest BCUT2D eigenvalue weighted by Gasteiger charge is 2.39. The molecule has 2 aromatic rings. The number of rotatable bonds is 3. The first-order valence-corrected chi connectivity index (χ1v) is 10.8. The maximum atomic E-state index is 13.5. The van der Waals surface area contributed by atoms with E-state index in [4.69, 9.17) is 5.14 Å². The number of sulfonamides is 2. The number of nitrogens with zero attached hydrogens (tertiary/aromatic N) is 1. The SMILES string of the molecule is CC1Cc2cc(S(N)(=O)=O)ccc2N1S(=O)(=O)c1ccc(F)c(C(F)(F)F)c1. The zero-order valence-electron chi connectivity index (χ0n) is 14.2. The fourth-order valence-corrected chi connectivity index (χ4v) is 5.40. The second kappa shape index (κ2) is 6.42. The summed E-state index contributed by atoms with van der Waals surface area (Å²) in [6.45, 7) is 1.52. The maximum Gasteiger partial charge on any atom is 0.419 e. The summed E-state index contributed by atoms with van der Waals surface area (Å²) in [5.74, 6) is -1.58. The summed E-state index contributed by atoms with van der Waals surface area (Å²) < 4.78 is 102. The smallest absolute Gasteiger partial charge is 0.263 e. The zero-order chi connectivity index (χ0) is 21.1. The van der Waals surface area contributed by atoms with Gasteiger partial charge in [-0.2, -0.15) is 13.2 Å². The summed E-state index contributed by atoms with van der Waals surface area (Å²) in [6.07, 6.45) is -4.93. The number of anilines is 1. The molecule has 0 saturated heterocycles. The molecular weight excluding hydrogens is 424 g/mol. The molecule has 1 unspecified atom stereocenters. The monoisotopic (exact) mass is 438 g/mol. The molecular formula is C16H14F4N2O4S2. The van der Waals surface area contributed by atoms with Gasteiger partial charge in [-0.15, -0.1) is 0 Å². The molecule has 6 nitrogen and oxygen atoms in total. The van der Waals surface area contributed by atoms with Crippen LogP contribution in [-0.2, 0) is 32.6 Å². The van der Waals surface area contributed by atoms with Crippen LogP contribution in [-0.4, -0.2) is 22.9 Å². The highest BCUT2D eigenvalue weighted by atomic mass is 32.2. The van der Waals surface area contributed by atoms with Crippen LogP contribution in [0, 0.1) is 5.82 Å². The van der Waals surface area contributed by atoms with Crippen molar-refractivity contribution in [3.8, 4) is 0 Å². The molecule has 3 rings (SSSR count). The van der Waals surface area contributed by atoms with Crippen molar-refractivity contribution in [1.29, 1.82) is 0 Å². The molecule has 0 bridgehead atoms. The molecule has 2 aromatic carbocycles. The third-order valence-electron chi connectivity index (χ3n) is 4.33. The Labute approximate surface area is 158 Å². The van der Waals surface area contributed by atoms with Crippen molar-refractivity contribution in [2.45, 2.75) is 35.4 Å². The normalized spacial score (nSPS) is 17.6. The number of fused-ring (bicyclic) bond motifs is 1. The van der Waals surface area contributed by atoms with E-state index in [1.807, 2.05) is 0 Å². The lowest BCUT2D eigenvalue weighted by atomic mass is 10.1. The van der Waals surface area contributed by atoms with Gasteiger partial charge >= 0.3 is 6.18 Å². The van der Waals surface area contributed by atoms with Gasteiger partial charge in [0.2, 0.25) is 10.0 Å². The van der Waals surface area contributed by atoms with Crippen LogP contribution in [0.3, 0.4) is 0 Å². The van der Waals surface area contributed by atoms with Gasteiger partial charge in [0.05, 0.1) is 21.0 Å². The molecule has 1 aliphatic heterocycles. The lowest BCUT2D eigenvalue weighted by Crippen LogP contribution is -2.35. The standard InChI is InChI=1S/C16H14F4N2O4S2/c1-9-6-10-7-11(27(21,23)24)3-5-15(10)22(9)28(25,26)12-2-4-14(17)13(8-12)16(18,19)20/h2-5,7-9H,6H2,1H3,(H2,21,23,24). The lowest BCUT2D eigenvalue weighted by Gasteiger charge is -2.25. The minimum absolute atomic E-state index is 0.123. The third kappa shape index (κ3) is 3.47. The van der Waals surface area contributed by atoms with Crippen molar-refractivity contribution < 1.29 is 34.4 Å². The summed E-state index contributed by atoms with van der Waals surface area (Å²) in [5, 5.41) is 5.07. The van der Waals surface area contributed by atoms with Gasteiger partial charge in [-0.1, -0.05) is 0 Å². The van der Waals surface area contributed by atoms with Gasteiger partial charge in [-0.25, -0.2) is 26.4 Å². The van der Waals surface area contributed by atoms with Gasteiger partial charge in [0, 0.05) is 6.04 Å². The van der Waals surface area contributed by atoms with Gasteiger partial charge < -0.3 is 0 Å². The number of benzene rings is 2. The van der Waals surface area contributed by atoms with Crippen molar-refractivity contribution in [1.82, 2.24) is 0 Å². The molecule has 152 valence electrons. The van der Waals surface area contributed by atoms with Crippen LogP contribution in [0.15, 0.2) is 46.2 Å². The van der Waals surface area contributed by atoms with E-state index in [2.05, 4.69) is 0 Å². The number of nitrogens with two attached hydrogens (primary N) is 1. The molecule has 0 spiro atoms. The minimum Gasteiger partial charge on any atom is -0.263 e. The van der Waals surface area contributed by atoms with Crippen LogP contribution < -0.4 is 9.44 Å². The van der Waals surface area contributed by atoms with E-state index in [-0.39, 0.29) is 23.1 Å². The highest BCUT2D eigenvalue weighted by molar-refractivity contribution is 7.93. The summed E-state index contributed by atoms with van der Waals surface area (Å²) in [5.41, 5.74) is -1.20. The predicted molar refractivity (Wildman–Crippen MR) is 92.0 cm³/mol. The average Bonchev–Trinajstić information content (AvgIpc) is 2.88. The highest BCUT2D eigenvalue weighted by Crippen LogP contribution is 2.39.